The predicted octanol–water partition coefficient (Wildman–Crippen LogP) is 0.236. The Morgan fingerprint density at radius 3 is 3.00 bits per heavy atom. The van der Waals surface area contributed by atoms with Gasteiger partial charge in [0.2, 0.25) is 5.88 Å². The number of nitrogens with zero attached hydrogens (tertiary/aromatic N) is 3. The van der Waals surface area contributed by atoms with E-state index in [0.29, 0.717) is 0 Å². The number of aromatic hydroxyl groups is 1. The Bertz CT molecular complexity index is 561. The van der Waals surface area contributed by atoms with Gasteiger partial charge < -0.3 is 10.1 Å². The molecule has 0 bridgehead atoms. The minimum absolute atomic E-state index is 0. The number of aromatic amines is 1. The van der Waals surface area contributed by atoms with Crippen molar-refractivity contribution in [1.29, 1.82) is 5.26 Å². The van der Waals surface area contributed by atoms with Crippen LogP contribution in [0.25, 0.3) is 5.65 Å². The summed E-state index contributed by atoms with van der Waals surface area (Å²) in [6.45, 7) is 0. The summed E-state index contributed by atoms with van der Waals surface area (Å²) in [6, 6.07) is 2.83. The molecule has 0 aliphatic carbocycles. The summed E-state index contributed by atoms with van der Waals surface area (Å²) < 4.78 is 1.08. The Hall–Kier alpha value is -2.29. The van der Waals surface area contributed by atoms with Crippen LogP contribution in [0.2, 0.25) is 0 Å². The SMILES string of the molecule is C.N#Cc1cnn2c(O)cc(=O)[nH]c12. The minimum atomic E-state index is -0.470. The maximum Gasteiger partial charge on any atom is 0.254 e. The molecule has 0 saturated heterocycles. The standard InChI is InChI=1S/C7H4N4O2.CH4/c8-2-4-3-9-11-6(13)1-5(12)10-7(4)11;/h1,3,13H,(H,10,12);1H4. The Morgan fingerprint density at radius 2 is 2.36 bits per heavy atom. The zero-order chi connectivity index (χ0) is 9.42. The fourth-order valence-electron chi connectivity index (χ4n) is 1.06. The molecule has 72 valence electrons. The van der Waals surface area contributed by atoms with Crippen LogP contribution in [-0.4, -0.2) is 19.7 Å². The summed E-state index contributed by atoms with van der Waals surface area (Å²) in [4.78, 5) is 13.3. The van der Waals surface area contributed by atoms with E-state index < -0.39 is 5.56 Å². The lowest BCUT2D eigenvalue weighted by Gasteiger charge is -1.94. The second-order valence-corrected chi connectivity index (χ2v) is 2.42. The Balaban J connectivity index is 0.000000980. The normalized spacial score (nSPS) is 9.36. The summed E-state index contributed by atoms with van der Waals surface area (Å²) in [5, 5.41) is 21.5. The molecule has 6 heteroatoms. The molecule has 0 atom stereocenters. The highest BCUT2D eigenvalue weighted by Crippen LogP contribution is 2.10. The molecule has 0 aromatic carbocycles. The summed E-state index contributed by atoms with van der Waals surface area (Å²) in [5.41, 5.74) is -0.0532. The number of nitrogens with one attached hydrogen (secondary N) is 1. The van der Waals surface area contributed by atoms with E-state index in [2.05, 4.69) is 10.1 Å². The van der Waals surface area contributed by atoms with Gasteiger partial charge >= 0.3 is 0 Å². The topological polar surface area (TPSA) is 94.2 Å². The maximum atomic E-state index is 10.9. The van der Waals surface area contributed by atoms with E-state index >= 15 is 0 Å². The van der Waals surface area contributed by atoms with E-state index in [9.17, 15) is 9.90 Å². The molecule has 2 heterocycles. The average Bonchev–Trinajstić information content (AvgIpc) is 2.47. The first-order valence-electron chi connectivity index (χ1n) is 3.42. The highest BCUT2D eigenvalue weighted by molar-refractivity contribution is 5.54. The zero-order valence-corrected chi connectivity index (χ0v) is 6.35. The van der Waals surface area contributed by atoms with Gasteiger partial charge in [0, 0.05) is 0 Å². The molecule has 2 rings (SSSR count). The molecule has 0 saturated carbocycles. The lowest BCUT2D eigenvalue weighted by molar-refractivity contribution is 0.434. The van der Waals surface area contributed by atoms with E-state index in [1.807, 2.05) is 6.07 Å². The van der Waals surface area contributed by atoms with Crippen LogP contribution < -0.4 is 5.56 Å². The van der Waals surface area contributed by atoms with Crippen LogP contribution >= 0.6 is 0 Å². The number of nitriles is 1. The third-order valence-corrected chi connectivity index (χ3v) is 1.61. The summed E-state index contributed by atoms with van der Waals surface area (Å²) in [5.74, 6) is -0.291. The molecule has 0 fully saturated rings. The molecule has 2 aromatic heterocycles. The third-order valence-electron chi connectivity index (χ3n) is 1.61. The Kier molecular flexibility index (Phi) is 2.25. The average molecular weight is 192 g/mol. The molecule has 0 amide bonds. The van der Waals surface area contributed by atoms with Crippen molar-refractivity contribution < 1.29 is 5.11 Å². The molecule has 14 heavy (non-hydrogen) atoms. The van der Waals surface area contributed by atoms with Crippen molar-refractivity contribution in [3.8, 4) is 11.9 Å². The Labute approximate surface area is 79.0 Å². The first-order chi connectivity index (χ1) is 6.22. The van der Waals surface area contributed by atoms with E-state index in [1.165, 1.54) is 6.20 Å². The van der Waals surface area contributed by atoms with Crippen LogP contribution in [0.1, 0.15) is 13.0 Å². The van der Waals surface area contributed by atoms with Gasteiger partial charge in [-0.2, -0.15) is 14.9 Å². The van der Waals surface area contributed by atoms with Crippen molar-refractivity contribution in [1.82, 2.24) is 14.6 Å². The van der Waals surface area contributed by atoms with Gasteiger partial charge in [0.25, 0.3) is 5.56 Å². The van der Waals surface area contributed by atoms with Crippen molar-refractivity contribution in [3.63, 3.8) is 0 Å². The molecule has 0 aliphatic heterocycles. The van der Waals surface area contributed by atoms with Gasteiger partial charge in [-0.15, -0.1) is 0 Å². The molecule has 0 radical (unpaired) electrons. The first kappa shape index (κ1) is 9.80. The summed E-state index contributed by atoms with van der Waals surface area (Å²) in [6.07, 6.45) is 1.27. The smallest absolute Gasteiger partial charge is 0.254 e. The highest BCUT2D eigenvalue weighted by atomic mass is 16.3. The number of rotatable bonds is 0. The number of hydrogen-bond donors (Lipinski definition) is 2. The lowest BCUT2D eigenvalue weighted by atomic mass is 10.4. The van der Waals surface area contributed by atoms with Crippen LogP contribution in [0.5, 0.6) is 5.88 Å². The number of hydrogen-bond acceptors (Lipinski definition) is 4. The van der Waals surface area contributed by atoms with Crippen LogP contribution in [0.15, 0.2) is 17.1 Å². The molecular formula is C8H8N4O2. The van der Waals surface area contributed by atoms with E-state index in [0.717, 1.165) is 10.6 Å². The van der Waals surface area contributed by atoms with E-state index in [4.69, 9.17) is 5.26 Å². The monoisotopic (exact) mass is 192 g/mol. The molecule has 2 N–H and O–H groups in total. The van der Waals surface area contributed by atoms with E-state index in [1.54, 1.807) is 0 Å². The van der Waals surface area contributed by atoms with Gasteiger partial charge in [-0.1, -0.05) is 7.43 Å². The molecule has 2 aromatic rings. The Morgan fingerprint density at radius 1 is 1.64 bits per heavy atom. The van der Waals surface area contributed by atoms with Crippen molar-refractivity contribution in [2.75, 3.05) is 0 Å². The predicted molar refractivity (Wildman–Crippen MR) is 48.9 cm³/mol. The van der Waals surface area contributed by atoms with Crippen LogP contribution in [-0.2, 0) is 0 Å². The molecule has 0 unspecified atom stereocenters. The lowest BCUT2D eigenvalue weighted by Crippen LogP contribution is -2.07. The van der Waals surface area contributed by atoms with Crippen molar-refractivity contribution in [3.05, 3.63) is 28.2 Å². The zero-order valence-electron chi connectivity index (χ0n) is 6.35. The fourth-order valence-corrected chi connectivity index (χ4v) is 1.06. The van der Waals surface area contributed by atoms with Crippen molar-refractivity contribution >= 4 is 5.65 Å². The van der Waals surface area contributed by atoms with Gasteiger partial charge in [-0.05, 0) is 0 Å². The highest BCUT2D eigenvalue weighted by Gasteiger charge is 2.07. The summed E-state index contributed by atoms with van der Waals surface area (Å²) in [7, 11) is 0. The van der Waals surface area contributed by atoms with Crippen molar-refractivity contribution in [2.45, 2.75) is 7.43 Å². The van der Waals surface area contributed by atoms with Crippen LogP contribution in [0.3, 0.4) is 0 Å². The first-order valence-corrected chi connectivity index (χ1v) is 3.42. The number of H-pyrrole nitrogens is 1. The van der Waals surface area contributed by atoms with Gasteiger partial charge in [0.1, 0.15) is 11.6 Å². The van der Waals surface area contributed by atoms with Gasteiger partial charge in [-0.3, -0.25) is 4.79 Å². The maximum absolute atomic E-state index is 10.9. The van der Waals surface area contributed by atoms with Gasteiger partial charge in [-0.25, -0.2) is 0 Å². The molecule has 0 spiro atoms. The van der Waals surface area contributed by atoms with Crippen LogP contribution in [0.4, 0.5) is 0 Å². The van der Waals surface area contributed by atoms with Gasteiger partial charge in [0.15, 0.2) is 5.65 Å². The van der Waals surface area contributed by atoms with Crippen LogP contribution in [0, 0.1) is 11.3 Å². The fraction of sp³-hybridized carbons (Fsp3) is 0.125. The molecule has 6 nitrogen and oxygen atoms in total. The second-order valence-electron chi connectivity index (χ2n) is 2.42. The molecule has 0 aliphatic rings. The molecular weight excluding hydrogens is 184 g/mol. The van der Waals surface area contributed by atoms with Crippen molar-refractivity contribution in [2.24, 2.45) is 0 Å². The van der Waals surface area contributed by atoms with E-state index in [-0.39, 0.29) is 24.5 Å². The third kappa shape index (κ3) is 1.21. The summed E-state index contributed by atoms with van der Waals surface area (Å²) >= 11 is 0. The minimum Gasteiger partial charge on any atom is -0.493 e. The quantitative estimate of drug-likeness (QED) is 0.624. The number of fused-ring (bicyclic) bond motifs is 1. The van der Waals surface area contributed by atoms with Gasteiger partial charge in [0.05, 0.1) is 12.3 Å². The largest absolute Gasteiger partial charge is 0.493 e. The second kappa shape index (κ2) is 3.22. The number of aromatic nitrogens is 3.